The minimum atomic E-state index is 0.0401. The van der Waals surface area contributed by atoms with E-state index in [1.807, 2.05) is 10.8 Å². The van der Waals surface area contributed by atoms with Crippen molar-refractivity contribution in [3.8, 4) is 0 Å². The maximum absolute atomic E-state index is 8.51. The van der Waals surface area contributed by atoms with E-state index in [-0.39, 0.29) is 11.4 Å². The lowest BCUT2D eigenvalue weighted by atomic mass is 10.7. The first kappa shape index (κ1) is 22.2. The maximum Gasteiger partial charge on any atom is 0.157 e. The third-order valence-corrected chi connectivity index (χ3v) is 4.78. The van der Waals surface area contributed by atoms with Crippen molar-refractivity contribution in [2.24, 2.45) is 0 Å². The second kappa shape index (κ2) is 18.0. The van der Waals surface area contributed by atoms with E-state index in [0.717, 1.165) is 0 Å². The zero-order chi connectivity index (χ0) is 17.1. The van der Waals surface area contributed by atoms with Gasteiger partial charge in [0.25, 0.3) is 0 Å². The predicted octanol–water partition coefficient (Wildman–Crippen LogP) is 1.31. The summed E-state index contributed by atoms with van der Waals surface area (Å²) in [4.78, 5) is 0. The van der Waals surface area contributed by atoms with Crippen LogP contribution in [-0.2, 0) is 28.4 Å². The summed E-state index contributed by atoms with van der Waals surface area (Å²) in [5, 5.41) is 12.6. The van der Waals surface area contributed by atoms with Crippen LogP contribution in [0.15, 0.2) is 10.8 Å². The SMILES string of the molecule is OCCOCCOCCOCCOCCOCCOC1SC=CS1. The van der Waals surface area contributed by atoms with Gasteiger partial charge >= 0.3 is 0 Å². The zero-order valence-electron chi connectivity index (χ0n) is 13.9. The van der Waals surface area contributed by atoms with Crippen LogP contribution >= 0.6 is 23.5 Å². The summed E-state index contributed by atoms with van der Waals surface area (Å²) in [6, 6.07) is 0. The molecular weight excluding hydrogens is 356 g/mol. The molecule has 0 radical (unpaired) electrons. The lowest BCUT2D eigenvalue weighted by Crippen LogP contribution is -2.14. The molecule has 0 unspecified atom stereocenters. The van der Waals surface area contributed by atoms with Crippen LogP contribution in [0, 0.1) is 0 Å². The van der Waals surface area contributed by atoms with Crippen LogP contribution in [0.4, 0.5) is 0 Å². The summed E-state index contributed by atoms with van der Waals surface area (Å²) >= 11 is 3.35. The minimum Gasteiger partial charge on any atom is -0.394 e. The molecule has 0 aliphatic carbocycles. The van der Waals surface area contributed by atoms with Crippen LogP contribution in [0.1, 0.15) is 0 Å². The molecule has 0 amide bonds. The molecule has 0 bridgehead atoms. The van der Waals surface area contributed by atoms with E-state index >= 15 is 0 Å². The fourth-order valence-corrected chi connectivity index (χ4v) is 3.31. The molecule has 142 valence electrons. The van der Waals surface area contributed by atoms with E-state index < -0.39 is 0 Å². The topological polar surface area (TPSA) is 75.6 Å². The Morgan fingerprint density at radius 2 is 0.958 bits per heavy atom. The van der Waals surface area contributed by atoms with Gasteiger partial charge < -0.3 is 33.5 Å². The van der Waals surface area contributed by atoms with Crippen LogP contribution in [0.2, 0.25) is 0 Å². The minimum absolute atomic E-state index is 0.0401. The van der Waals surface area contributed by atoms with Crippen molar-refractivity contribution in [1.29, 1.82) is 0 Å². The van der Waals surface area contributed by atoms with Crippen molar-refractivity contribution in [3.05, 3.63) is 10.8 Å². The lowest BCUT2D eigenvalue weighted by Gasteiger charge is -2.10. The highest BCUT2D eigenvalue weighted by Gasteiger charge is 2.10. The molecule has 0 saturated heterocycles. The van der Waals surface area contributed by atoms with Crippen LogP contribution in [0.25, 0.3) is 0 Å². The second-order valence-electron chi connectivity index (χ2n) is 4.49. The van der Waals surface area contributed by atoms with Crippen molar-refractivity contribution in [1.82, 2.24) is 0 Å². The fraction of sp³-hybridized carbons (Fsp3) is 0.867. The predicted molar refractivity (Wildman–Crippen MR) is 95.2 cm³/mol. The molecule has 0 fully saturated rings. The third-order valence-electron chi connectivity index (χ3n) is 2.64. The van der Waals surface area contributed by atoms with Gasteiger partial charge in [-0.15, -0.1) is 0 Å². The Morgan fingerprint density at radius 3 is 1.38 bits per heavy atom. The zero-order valence-corrected chi connectivity index (χ0v) is 15.6. The van der Waals surface area contributed by atoms with Crippen LogP contribution in [0.3, 0.4) is 0 Å². The number of aliphatic hydroxyl groups excluding tert-OH is 1. The fourth-order valence-electron chi connectivity index (χ4n) is 1.55. The van der Waals surface area contributed by atoms with E-state index in [4.69, 9.17) is 33.5 Å². The molecule has 9 heteroatoms. The molecule has 0 aromatic heterocycles. The second-order valence-corrected chi connectivity index (χ2v) is 6.73. The Hall–Kier alpha value is 0.160. The molecule has 24 heavy (non-hydrogen) atoms. The van der Waals surface area contributed by atoms with Gasteiger partial charge in [0.05, 0.1) is 79.3 Å². The first-order chi connectivity index (χ1) is 11.9. The van der Waals surface area contributed by atoms with Crippen LogP contribution in [0.5, 0.6) is 0 Å². The molecule has 7 nitrogen and oxygen atoms in total. The van der Waals surface area contributed by atoms with Gasteiger partial charge in [-0.1, -0.05) is 23.5 Å². The molecule has 0 atom stereocenters. The largest absolute Gasteiger partial charge is 0.394 e. The average molecular weight is 385 g/mol. The van der Waals surface area contributed by atoms with Crippen molar-refractivity contribution >= 4 is 23.5 Å². The van der Waals surface area contributed by atoms with E-state index in [1.54, 1.807) is 23.5 Å². The van der Waals surface area contributed by atoms with Gasteiger partial charge in [-0.2, -0.15) is 0 Å². The number of ether oxygens (including phenoxy) is 6. The summed E-state index contributed by atoms with van der Waals surface area (Å²) < 4.78 is 32.3. The number of rotatable bonds is 18. The molecule has 1 aliphatic heterocycles. The van der Waals surface area contributed by atoms with Gasteiger partial charge in [-0.3, -0.25) is 0 Å². The highest BCUT2D eigenvalue weighted by molar-refractivity contribution is 8.22. The van der Waals surface area contributed by atoms with Crippen LogP contribution < -0.4 is 0 Å². The molecule has 0 aromatic carbocycles. The van der Waals surface area contributed by atoms with Gasteiger partial charge in [0.15, 0.2) is 4.77 Å². The van der Waals surface area contributed by atoms with Gasteiger partial charge in [-0.25, -0.2) is 0 Å². The van der Waals surface area contributed by atoms with Gasteiger partial charge in [0, 0.05) is 0 Å². The highest BCUT2D eigenvalue weighted by Crippen LogP contribution is 2.33. The van der Waals surface area contributed by atoms with Crippen molar-refractivity contribution < 1.29 is 33.5 Å². The number of aliphatic hydroxyl groups is 1. The van der Waals surface area contributed by atoms with E-state index in [2.05, 4.69) is 0 Å². The monoisotopic (exact) mass is 384 g/mol. The summed E-state index contributed by atoms with van der Waals surface area (Å²) in [6.45, 7) is 5.82. The smallest absolute Gasteiger partial charge is 0.157 e. The maximum atomic E-state index is 8.51. The molecule has 0 spiro atoms. The van der Waals surface area contributed by atoms with Crippen molar-refractivity contribution in [2.45, 2.75) is 4.77 Å². The standard InChI is InChI=1S/C15H28O7S2/c16-1-2-17-3-4-18-5-6-19-7-8-20-9-10-21-11-12-22-15-23-13-14-24-15/h13-16H,1-12H2. The molecule has 1 heterocycles. The van der Waals surface area contributed by atoms with Crippen molar-refractivity contribution in [3.63, 3.8) is 0 Å². The summed E-state index contributed by atoms with van der Waals surface area (Å²) in [6.07, 6.45) is 0. The van der Waals surface area contributed by atoms with E-state index in [9.17, 15) is 0 Å². The molecule has 0 saturated carbocycles. The number of hydrogen-bond acceptors (Lipinski definition) is 9. The third kappa shape index (κ3) is 14.5. The van der Waals surface area contributed by atoms with Gasteiger partial charge in [-0.05, 0) is 10.8 Å². The summed E-state index contributed by atoms with van der Waals surface area (Å²) in [7, 11) is 0. The summed E-state index contributed by atoms with van der Waals surface area (Å²) in [5.74, 6) is 0. The average Bonchev–Trinajstić information content (AvgIpc) is 3.11. The van der Waals surface area contributed by atoms with Crippen LogP contribution in [-0.4, -0.2) is 89.2 Å². The Morgan fingerprint density at radius 1 is 0.583 bits per heavy atom. The Balaban J connectivity index is 1.63. The molecule has 1 aliphatic rings. The molecular formula is C15H28O7S2. The highest BCUT2D eigenvalue weighted by atomic mass is 32.2. The number of thioether (sulfide) groups is 2. The van der Waals surface area contributed by atoms with Crippen molar-refractivity contribution in [2.75, 3.05) is 79.3 Å². The first-order valence-corrected chi connectivity index (χ1v) is 9.89. The Kier molecular flexibility index (Phi) is 16.6. The quantitative estimate of drug-likeness (QED) is 0.352. The Bertz CT molecular complexity index is 287. The Labute approximate surface area is 152 Å². The summed E-state index contributed by atoms with van der Waals surface area (Å²) in [5.41, 5.74) is 0. The lowest BCUT2D eigenvalue weighted by molar-refractivity contribution is -0.0172. The number of hydrogen-bond donors (Lipinski definition) is 1. The normalized spacial score (nSPS) is 14.7. The van der Waals surface area contributed by atoms with Gasteiger partial charge in [0.1, 0.15) is 0 Å². The van der Waals surface area contributed by atoms with E-state index in [0.29, 0.717) is 72.7 Å². The molecule has 1 rings (SSSR count). The molecule has 1 N–H and O–H groups in total. The van der Waals surface area contributed by atoms with E-state index in [1.165, 1.54) is 0 Å². The first-order valence-electron chi connectivity index (χ1n) is 8.00. The molecule has 0 aromatic rings. The van der Waals surface area contributed by atoms with Gasteiger partial charge in [0.2, 0.25) is 0 Å².